The Morgan fingerprint density at radius 2 is 1.20 bits per heavy atom. The molecule has 0 aliphatic heterocycles. The van der Waals surface area contributed by atoms with Gasteiger partial charge < -0.3 is 9.80 Å². The van der Waals surface area contributed by atoms with E-state index in [2.05, 4.69) is 38.3 Å². The molecule has 3 nitrogen and oxygen atoms in total. The number of thiol groups is 1. The number of hydrogen-bond acceptors (Lipinski definition) is 2. The molecule has 1 amide bonds. The van der Waals surface area contributed by atoms with E-state index in [1.165, 1.54) is 19.6 Å². The van der Waals surface area contributed by atoms with Crippen LogP contribution in [0.15, 0.2) is 0 Å². The third-order valence-electron chi connectivity index (χ3n) is 2.38. The summed E-state index contributed by atoms with van der Waals surface area (Å²) in [5, 5.41) is -0.144. The van der Waals surface area contributed by atoms with E-state index in [1.54, 1.807) is 4.90 Å². The summed E-state index contributed by atoms with van der Waals surface area (Å²) in [5.74, 6) is 0. The highest BCUT2D eigenvalue weighted by Gasteiger charge is 2.00. The molecule has 0 fully saturated rings. The Bertz CT molecular complexity index is 140. The molecule has 0 spiro atoms. The molecule has 0 N–H and O–H groups in total. The largest absolute Gasteiger partial charge is 0.334 e. The zero-order valence-electron chi connectivity index (χ0n) is 10.8. The number of nitrogens with zero attached hydrogens (tertiary/aromatic N) is 2. The number of rotatable bonds is 5. The van der Waals surface area contributed by atoms with Crippen LogP contribution in [0, 0.1) is 0 Å². The number of carbonyl (C=O) groups is 1. The molecule has 0 rings (SSSR count). The van der Waals surface area contributed by atoms with Crippen LogP contribution in [0.1, 0.15) is 34.6 Å². The molecule has 0 aliphatic carbocycles. The van der Waals surface area contributed by atoms with E-state index in [1.807, 2.05) is 13.8 Å². The lowest BCUT2D eigenvalue weighted by molar-refractivity contribution is 0.229. The standard InChI is InChI=1S/C6H15N.C5H11NOS/c1-4-7(5-2)6-3;1-3-6(4-2)5(7)8/h4-6H2,1-3H3;3-4H2,1-2H3,(H,7,8). The summed E-state index contributed by atoms with van der Waals surface area (Å²) in [6, 6.07) is 0. The van der Waals surface area contributed by atoms with Gasteiger partial charge in [0.1, 0.15) is 0 Å². The lowest BCUT2D eigenvalue weighted by Gasteiger charge is -2.13. The van der Waals surface area contributed by atoms with Crippen molar-refractivity contribution in [1.29, 1.82) is 0 Å². The van der Waals surface area contributed by atoms with Crippen molar-refractivity contribution in [3.05, 3.63) is 0 Å². The quantitative estimate of drug-likeness (QED) is 0.739. The second-order valence-corrected chi connectivity index (χ2v) is 3.46. The summed E-state index contributed by atoms with van der Waals surface area (Å²) in [6.07, 6.45) is 0. The van der Waals surface area contributed by atoms with E-state index in [0.717, 1.165) is 13.1 Å². The lowest BCUT2D eigenvalue weighted by Crippen LogP contribution is -2.24. The first-order chi connectivity index (χ1) is 7.06. The Labute approximate surface area is 100 Å². The molecule has 0 radical (unpaired) electrons. The number of hydrogen-bond donors (Lipinski definition) is 1. The number of carbonyl (C=O) groups excluding carboxylic acids is 1. The molecular formula is C11H26N2OS. The Morgan fingerprint density at radius 1 is 0.867 bits per heavy atom. The smallest absolute Gasteiger partial charge is 0.278 e. The van der Waals surface area contributed by atoms with Crippen LogP contribution in [-0.4, -0.2) is 47.8 Å². The van der Waals surface area contributed by atoms with Gasteiger partial charge in [-0.05, 0) is 33.5 Å². The van der Waals surface area contributed by atoms with Crippen molar-refractivity contribution in [2.24, 2.45) is 0 Å². The van der Waals surface area contributed by atoms with Gasteiger partial charge in [-0.25, -0.2) is 0 Å². The predicted octanol–water partition coefficient (Wildman–Crippen LogP) is 2.73. The summed E-state index contributed by atoms with van der Waals surface area (Å²) in [7, 11) is 0. The van der Waals surface area contributed by atoms with E-state index in [9.17, 15) is 4.79 Å². The predicted molar refractivity (Wildman–Crippen MR) is 70.8 cm³/mol. The fourth-order valence-electron chi connectivity index (χ4n) is 1.16. The minimum atomic E-state index is -0.144. The summed E-state index contributed by atoms with van der Waals surface area (Å²) in [5.41, 5.74) is 0. The summed E-state index contributed by atoms with van der Waals surface area (Å²) in [4.78, 5) is 14.4. The molecule has 0 bridgehead atoms. The van der Waals surface area contributed by atoms with Gasteiger partial charge in [0.05, 0.1) is 0 Å². The first kappa shape index (κ1) is 17.2. The fraction of sp³-hybridized carbons (Fsp3) is 0.909. The molecule has 0 aromatic carbocycles. The third-order valence-corrected chi connectivity index (χ3v) is 2.66. The van der Waals surface area contributed by atoms with E-state index in [-0.39, 0.29) is 5.24 Å². The maximum absolute atomic E-state index is 10.4. The first-order valence-corrected chi connectivity index (χ1v) is 6.22. The van der Waals surface area contributed by atoms with Crippen LogP contribution in [0.25, 0.3) is 0 Å². The third kappa shape index (κ3) is 10.1. The van der Waals surface area contributed by atoms with Crippen LogP contribution in [0.3, 0.4) is 0 Å². The first-order valence-electron chi connectivity index (χ1n) is 5.77. The van der Waals surface area contributed by atoms with Gasteiger partial charge in [-0.1, -0.05) is 33.4 Å². The van der Waals surface area contributed by atoms with Crippen molar-refractivity contribution < 1.29 is 4.79 Å². The molecule has 0 heterocycles. The van der Waals surface area contributed by atoms with Gasteiger partial charge in [0.15, 0.2) is 0 Å². The Hall–Kier alpha value is -0.220. The molecule has 0 aliphatic rings. The Kier molecular flexibility index (Phi) is 13.6. The zero-order valence-corrected chi connectivity index (χ0v) is 11.7. The van der Waals surface area contributed by atoms with Crippen LogP contribution >= 0.6 is 12.6 Å². The molecule has 0 aromatic heterocycles. The average molecular weight is 234 g/mol. The van der Waals surface area contributed by atoms with Crippen LogP contribution in [-0.2, 0) is 0 Å². The van der Waals surface area contributed by atoms with Gasteiger partial charge in [0.2, 0.25) is 0 Å². The normalized spacial score (nSPS) is 9.53. The van der Waals surface area contributed by atoms with Crippen molar-refractivity contribution >= 4 is 17.9 Å². The fourth-order valence-corrected chi connectivity index (χ4v) is 1.45. The van der Waals surface area contributed by atoms with Gasteiger partial charge in [0.25, 0.3) is 5.24 Å². The van der Waals surface area contributed by atoms with Gasteiger partial charge >= 0.3 is 0 Å². The molecule has 0 saturated carbocycles. The molecule has 0 atom stereocenters. The SMILES string of the molecule is CCN(CC)C(=O)S.CCN(CC)CC. The Morgan fingerprint density at radius 3 is 1.20 bits per heavy atom. The van der Waals surface area contributed by atoms with Gasteiger partial charge in [-0.3, -0.25) is 4.79 Å². The highest BCUT2D eigenvalue weighted by Crippen LogP contribution is 1.92. The minimum Gasteiger partial charge on any atom is -0.334 e. The number of amides is 1. The van der Waals surface area contributed by atoms with Crippen LogP contribution in [0.5, 0.6) is 0 Å². The maximum Gasteiger partial charge on any atom is 0.278 e. The second kappa shape index (κ2) is 11.9. The van der Waals surface area contributed by atoms with E-state index in [0.29, 0.717) is 0 Å². The van der Waals surface area contributed by atoms with Crippen molar-refractivity contribution in [3.8, 4) is 0 Å². The van der Waals surface area contributed by atoms with Gasteiger partial charge in [-0.15, -0.1) is 0 Å². The van der Waals surface area contributed by atoms with Crippen molar-refractivity contribution in [2.75, 3.05) is 32.7 Å². The van der Waals surface area contributed by atoms with Gasteiger partial charge in [0, 0.05) is 13.1 Å². The molecule has 0 unspecified atom stereocenters. The maximum atomic E-state index is 10.4. The van der Waals surface area contributed by atoms with Crippen molar-refractivity contribution in [1.82, 2.24) is 9.80 Å². The van der Waals surface area contributed by atoms with Crippen LogP contribution in [0.2, 0.25) is 0 Å². The van der Waals surface area contributed by atoms with E-state index in [4.69, 9.17) is 0 Å². The van der Waals surface area contributed by atoms with Crippen LogP contribution < -0.4 is 0 Å². The van der Waals surface area contributed by atoms with E-state index >= 15 is 0 Å². The van der Waals surface area contributed by atoms with Crippen LogP contribution in [0.4, 0.5) is 4.79 Å². The highest BCUT2D eigenvalue weighted by atomic mass is 32.1. The summed E-state index contributed by atoms with van der Waals surface area (Å²) < 4.78 is 0. The molecule has 15 heavy (non-hydrogen) atoms. The van der Waals surface area contributed by atoms with E-state index < -0.39 is 0 Å². The zero-order chi connectivity index (χ0) is 12.3. The monoisotopic (exact) mass is 234 g/mol. The molecule has 4 heteroatoms. The van der Waals surface area contributed by atoms with Crippen molar-refractivity contribution in [2.45, 2.75) is 34.6 Å². The molecular weight excluding hydrogens is 208 g/mol. The lowest BCUT2D eigenvalue weighted by atomic mass is 10.5. The topological polar surface area (TPSA) is 23.6 Å². The summed E-state index contributed by atoms with van der Waals surface area (Å²) in [6.45, 7) is 15.5. The van der Waals surface area contributed by atoms with Crippen molar-refractivity contribution in [3.63, 3.8) is 0 Å². The van der Waals surface area contributed by atoms with Gasteiger partial charge in [-0.2, -0.15) is 0 Å². The molecule has 0 saturated heterocycles. The molecule has 0 aromatic rings. The highest BCUT2D eigenvalue weighted by molar-refractivity contribution is 7.96. The minimum absolute atomic E-state index is 0.144. The average Bonchev–Trinajstić information content (AvgIpc) is 2.22. The second-order valence-electron chi connectivity index (χ2n) is 3.07. The molecule has 92 valence electrons. The summed E-state index contributed by atoms with van der Waals surface area (Å²) >= 11 is 3.64. The Balaban J connectivity index is 0.